The second-order valence-electron chi connectivity index (χ2n) is 8.57. The van der Waals surface area contributed by atoms with Gasteiger partial charge in [-0.1, -0.05) is 0 Å². The van der Waals surface area contributed by atoms with E-state index in [9.17, 15) is 14.7 Å². The van der Waals surface area contributed by atoms with Crippen LogP contribution in [0.25, 0.3) is 0 Å². The fourth-order valence-electron chi connectivity index (χ4n) is 6.38. The standard InChI is InChI=1S/C18H27NO4/c1-23-17(22)15-5-14(20)10-19(15)16(21)9-18-6-11-2-12(7-18)4-13(3-11)8-18/h11-15,20H,2-10H2,1H3/t11?,12?,13?,14-,15+,18?/m0/s1. The van der Waals surface area contributed by atoms with Crippen LogP contribution in [0.2, 0.25) is 0 Å². The van der Waals surface area contributed by atoms with Crippen LogP contribution in [0.1, 0.15) is 51.4 Å². The number of esters is 1. The van der Waals surface area contributed by atoms with Crippen LogP contribution in [0.15, 0.2) is 0 Å². The van der Waals surface area contributed by atoms with Gasteiger partial charge >= 0.3 is 5.97 Å². The topological polar surface area (TPSA) is 66.8 Å². The Labute approximate surface area is 137 Å². The van der Waals surface area contributed by atoms with Gasteiger partial charge in [0.15, 0.2) is 0 Å². The van der Waals surface area contributed by atoms with Gasteiger partial charge in [-0.3, -0.25) is 4.79 Å². The van der Waals surface area contributed by atoms with Crippen molar-refractivity contribution in [3.63, 3.8) is 0 Å². The SMILES string of the molecule is COC(=O)[C@H]1C[C@H](O)CN1C(=O)CC12CC3CC(CC(C3)C1)C2. The number of methoxy groups -OCH3 is 1. The molecule has 5 nitrogen and oxygen atoms in total. The van der Waals surface area contributed by atoms with Crippen molar-refractivity contribution in [2.75, 3.05) is 13.7 Å². The highest BCUT2D eigenvalue weighted by Crippen LogP contribution is 2.61. The van der Waals surface area contributed by atoms with Crippen molar-refractivity contribution in [1.82, 2.24) is 4.90 Å². The van der Waals surface area contributed by atoms with E-state index in [1.54, 1.807) is 4.90 Å². The maximum absolute atomic E-state index is 12.9. The third-order valence-corrected chi connectivity index (χ3v) is 6.76. The van der Waals surface area contributed by atoms with Gasteiger partial charge in [0, 0.05) is 19.4 Å². The van der Waals surface area contributed by atoms with Gasteiger partial charge in [0.2, 0.25) is 5.91 Å². The Morgan fingerprint density at radius 1 is 1.09 bits per heavy atom. The van der Waals surface area contributed by atoms with Gasteiger partial charge in [0.05, 0.1) is 13.2 Å². The monoisotopic (exact) mass is 321 g/mol. The number of aliphatic hydroxyl groups is 1. The molecule has 2 atom stereocenters. The number of ether oxygens (including phenoxy) is 1. The summed E-state index contributed by atoms with van der Waals surface area (Å²) in [6.45, 7) is 0.269. The molecule has 0 radical (unpaired) electrons. The minimum absolute atomic E-state index is 0.0406. The average Bonchev–Trinajstić information content (AvgIpc) is 2.86. The molecule has 23 heavy (non-hydrogen) atoms. The lowest BCUT2D eigenvalue weighted by molar-refractivity contribution is -0.153. The predicted octanol–water partition coefficient (Wildman–Crippen LogP) is 1.73. The molecule has 5 aliphatic rings. The van der Waals surface area contributed by atoms with Crippen LogP contribution in [-0.2, 0) is 14.3 Å². The Hall–Kier alpha value is -1.10. The van der Waals surface area contributed by atoms with Crippen molar-refractivity contribution in [2.24, 2.45) is 23.2 Å². The fourth-order valence-corrected chi connectivity index (χ4v) is 6.38. The number of hydrogen-bond donors (Lipinski definition) is 1. The summed E-state index contributed by atoms with van der Waals surface area (Å²) in [5.74, 6) is 2.08. The summed E-state index contributed by atoms with van der Waals surface area (Å²) in [7, 11) is 1.34. The summed E-state index contributed by atoms with van der Waals surface area (Å²) in [5, 5.41) is 9.89. The molecule has 0 aromatic rings. The normalized spacial score (nSPS) is 44.6. The largest absolute Gasteiger partial charge is 0.467 e. The lowest BCUT2D eigenvalue weighted by atomic mass is 9.49. The number of aliphatic hydroxyl groups excluding tert-OH is 1. The van der Waals surface area contributed by atoms with Crippen LogP contribution >= 0.6 is 0 Å². The lowest BCUT2D eigenvalue weighted by Crippen LogP contribution is -2.49. The Balaban J connectivity index is 1.48. The van der Waals surface area contributed by atoms with Crippen molar-refractivity contribution in [3.8, 4) is 0 Å². The number of amides is 1. The summed E-state index contributed by atoms with van der Waals surface area (Å²) in [6.07, 6.45) is 7.88. The zero-order valence-corrected chi connectivity index (χ0v) is 13.9. The summed E-state index contributed by atoms with van der Waals surface area (Å²) in [4.78, 5) is 26.4. The van der Waals surface area contributed by atoms with Crippen LogP contribution < -0.4 is 0 Å². The second kappa shape index (κ2) is 5.47. The quantitative estimate of drug-likeness (QED) is 0.804. The first kappa shape index (κ1) is 15.4. The first-order valence-electron chi connectivity index (χ1n) is 9.03. The average molecular weight is 321 g/mol. The molecule has 1 N–H and O–H groups in total. The Kier molecular flexibility index (Phi) is 3.67. The van der Waals surface area contributed by atoms with E-state index < -0.39 is 18.1 Å². The number of β-amino-alcohol motifs (C(OH)–C–C–N with tert-alkyl or cyclic N) is 1. The molecule has 4 bridgehead atoms. The van der Waals surface area contributed by atoms with Crippen LogP contribution in [0.5, 0.6) is 0 Å². The van der Waals surface area contributed by atoms with E-state index >= 15 is 0 Å². The molecule has 4 saturated carbocycles. The van der Waals surface area contributed by atoms with Gasteiger partial charge in [-0.05, 0) is 61.7 Å². The number of carbonyl (C=O) groups is 2. The maximum Gasteiger partial charge on any atom is 0.328 e. The van der Waals surface area contributed by atoms with Gasteiger partial charge < -0.3 is 14.7 Å². The van der Waals surface area contributed by atoms with E-state index in [2.05, 4.69) is 0 Å². The molecule has 0 aromatic heterocycles. The van der Waals surface area contributed by atoms with Crippen molar-refractivity contribution in [2.45, 2.75) is 63.5 Å². The van der Waals surface area contributed by atoms with Crippen LogP contribution in [0, 0.1) is 23.2 Å². The molecule has 1 aliphatic heterocycles. The smallest absolute Gasteiger partial charge is 0.328 e. The molecule has 1 saturated heterocycles. The molecular formula is C18H27NO4. The molecule has 4 aliphatic carbocycles. The zero-order chi connectivity index (χ0) is 16.2. The summed E-state index contributed by atoms with van der Waals surface area (Å²) in [5.41, 5.74) is 0.167. The molecule has 1 heterocycles. The first-order valence-corrected chi connectivity index (χ1v) is 9.03. The van der Waals surface area contributed by atoms with E-state index in [4.69, 9.17) is 4.74 Å². The highest BCUT2D eigenvalue weighted by Gasteiger charge is 2.52. The molecule has 0 aromatic carbocycles. The van der Waals surface area contributed by atoms with Gasteiger partial charge in [0.1, 0.15) is 6.04 Å². The number of hydrogen-bond acceptors (Lipinski definition) is 4. The third-order valence-electron chi connectivity index (χ3n) is 6.76. The molecular weight excluding hydrogens is 294 g/mol. The second-order valence-corrected chi connectivity index (χ2v) is 8.57. The molecule has 5 fully saturated rings. The maximum atomic E-state index is 12.9. The van der Waals surface area contributed by atoms with Crippen LogP contribution in [0.4, 0.5) is 0 Å². The van der Waals surface area contributed by atoms with Gasteiger partial charge in [-0.2, -0.15) is 0 Å². The first-order chi connectivity index (χ1) is 11.0. The van der Waals surface area contributed by atoms with Gasteiger partial charge in [0.25, 0.3) is 0 Å². The van der Waals surface area contributed by atoms with E-state index in [1.165, 1.54) is 45.6 Å². The van der Waals surface area contributed by atoms with Crippen molar-refractivity contribution < 1.29 is 19.4 Å². The van der Waals surface area contributed by atoms with Crippen LogP contribution in [-0.4, -0.2) is 47.7 Å². The summed E-state index contributed by atoms with van der Waals surface area (Å²) >= 11 is 0. The van der Waals surface area contributed by atoms with Gasteiger partial charge in [-0.25, -0.2) is 4.79 Å². The Morgan fingerprint density at radius 3 is 2.17 bits per heavy atom. The van der Waals surface area contributed by atoms with E-state index in [0.717, 1.165) is 17.8 Å². The molecule has 1 amide bonds. The molecule has 128 valence electrons. The minimum atomic E-state index is -0.612. The van der Waals surface area contributed by atoms with E-state index in [-0.39, 0.29) is 17.9 Å². The third kappa shape index (κ3) is 2.67. The van der Waals surface area contributed by atoms with Crippen LogP contribution in [0.3, 0.4) is 0 Å². The Bertz CT molecular complexity index is 482. The molecule has 0 unspecified atom stereocenters. The fraction of sp³-hybridized carbons (Fsp3) is 0.889. The van der Waals surface area contributed by atoms with Crippen molar-refractivity contribution in [1.29, 1.82) is 0 Å². The number of nitrogens with zero attached hydrogens (tertiary/aromatic N) is 1. The van der Waals surface area contributed by atoms with E-state index in [1.807, 2.05) is 0 Å². The zero-order valence-electron chi connectivity index (χ0n) is 13.9. The number of carbonyl (C=O) groups excluding carboxylic acids is 2. The Morgan fingerprint density at radius 2 is 1.65 bits per heavy atom. The molecule has 5 rings (SSSR count). The van der Waals surface area contributed by atoms with Crippen molar-refractivity contribution in [3.05, 3.63) is 0 Å². The minimum Gasteiger partial charge on any atom is -0.467 e. The lowest BCUT2D eigenvalue weighted by Gasteiger charge is -2.57. The molecule has 0 spiro atoms. The predicted molar refractivity (Wildman–Crippen MR) is 83.4 cm³/mol. The van der Waals surface area contributed by atoms with Crippen molar-refractivity contribution >= 4 is 11.9 Å². The molecule has 5 heteroatoms. The summed E-state index contributed by atoms with van der Waals surface area (Å²) in [6, 6.07) is -0.601. The highest BCUT2D eigenvalue weighted by atomic mass is 16.5. The number of likely N-dealkylation sites (tertiary alicyclic amines) is 1. The highest BCUT2D eigenvalue weighted by molar-refractivity contribution is 5.85. The van der Waals surface area contributed by atoms with E-state index in [0.29, 0.717) is 12.8 Å². The summed E-state index contributed by atoms with van der Waals surface area (Å²) < 4.78 is 4.81. The number of rotatable bonds is 3. The van der Waals surface area contributed by atoms with Gasteiger partial charge in [-0.15, -0.1) is 0 Å².